The van der Waals surface area contributed by atoms with Crippen molar-refractivity contribution in [3.63, 3.8) is 0 Å². The summed E-state index contributed by atoms with van der Waals surface area (Å²) in [6.07, 6.45) is 0. The lowest BCUT2D eigenvalue weighted by atomic mass is 9.97. The fraction of sp³-hybridized carbons (Fsp3) is 0.0667. The number of benzene rings is 4. The van der Waals surface area contributed by atoms with Crippen molar-refractivity contribution in [2.24, 2.45) is 0 Å². The molecule has 0 fully saturated rings. The molecule has 0 aliphatic rings. The van der Waals surface area contributed by atoms with Crippen molar-refractivity contribution in [3.05, 3.63) is 135 Å². The lowest BCUT2D eigenvalue weighted by Crippen LogP contribution is -2.18. The van der Waals surface area contributed by atoms with Crippen LogP contribution in [-0.4, -0.2) is 5.78 Å². The zero-order valence-corrected chi connectivity index (χ0v) is 19.7. The van der Waals surface area contributed by atoms with E-state index >= 15 is 0 Å². The van der Waals surface area contributed by atoms with Gasteiger partial charge in [-0.25, -0.2) is 0 Å². The number of carbonyl (C=O) groups excluding carboxylic acids is 1. The maximum atomic E-state index is 13.6. The summed E-state index contributed by atoms with van der Waals surface area (Å²) in [4.78, 5) is 27.1. The fourth-order valence-electron chi connectivity index (χ4n) is 3.90. The largest absolute Gasteiger partial charge is 0.489 e. The number of rotatable bonds is 6. The Kier molecular flexibility index (Phi) is 6.21. The van der Waals surface area contributed by atoms with Crippen LogP contribution < -0.4 is 10.2 Å². The third kappa shape index (κ3) is 4.75. The molecule has 0 N–H and O–H groups in total. The average molecular weight is 481 g/mol. The number of ketones is 1. The van der Waals surface area contributed by atoms with Crippen LogP contribution in [0.1, 0.15) is 27.0 Å². The maximum absolute atomic E-state index is 13.6. The first-order valence-electron chi connectivity index (χ1n) is 11.1. The van der Waals surface area contributed by atoms with E-state index < -0.39 is 5.78 Å². The Bertz CT molecular complexity index is 1570. The molecule has 0 saturated carbocycles. The van der Waals surface area contributed by atoms with Crippen LogP contribution in [0.2, 0.25) is 5.02 Å². The topological polar surface area (TPSA) is 56.5 Å². The second-order valence-electron chi connectivity index (χ2n) is 8.27. The van der Waals surface area contributed by atoms with Crippen molar-refractivity contribution >= 4 is 28.4 Å². The van der Waals surface area contributed by atoms with Crippen LogP contribution in [0.25, 0.3) is 22.3 Å². The van der Waals surface area contributed by atoms with Gasteiger partial charge in [0.25, 0.3) is 0 Å². The van der Waals surface area contributed by atoms with Crippen LogP contribution in [0.5, 0.6) is 5.75 Å². The van der Waals surface area contributed by atoms with Gasteiger partial charge in [-0.1, -0.05) is 48.0 Å². The van der Waals surface area contributed by atoms with Crippen molar-refractivity contribution in [2.45, 2.75) is 13.5 Å². The third-order valence-corrected chi connectivity index (χ3v) is 6.00. The van der Waals surface area contributed by atoms with Gasteiger partial charge in [-0.2, -0.15) is 0 Å². The number of hydrogen-bond acceptors (Lipinski definition) is 4. The molecule has 172 valence electrons. The van der Waals surface area contributed by atoms with Crippen molar-refractivity contribution in [3.8, 4) is 17.1 Å². The highest BCUT2D eigenvalue weighted by Gasteiger charge is 2.23. The molecule has 35 heavy (non-hydrogen) atoms. The zero-order valence-electron chi connectivity index (χ0n) is 19.0. The molecule has 5 rings (SSSR count). The molecule has 0 atom stereocenters. The molecular weight excluding hydrogens is 460 g/mol. The second kappa shape index (κ2) is 9.61. The number of hydrogen-bond donors (Lipinski definition) is 0. The normalized spacial score (nSPS) is 10.9. The second-order valence-corrected chi connectivity index (χ2v) is 8.71. The van der Waals surface area contributed by atoms with E-state index in [0.29, 0.717) is 39.5 Å². The van der Waals surface area contributed by atoms with Crippen LogP contribution >= 0.6 is 11.6 Å². The summed E-state index contributed by atoms with van der Waals surface area (Å²) in [5.74, 6) is 0.435. The first-order valence-corrected chi connectivity index (χ1v) is 11.5. The fourth-order valence-corrected chi connectivity index (χ4v) is 4.02. The summed E-state index contributed by atoms with van der Waals surface area (Å²) in [6, 6.07) is 28.8. The van der Waals surface area contributed by atoms with Crippen molar-refractivity contribution < 1.29 is 13.9 Å². The van der Waals surface area contributed by atoms with Gasteiger partial charge in [-0.3, -0.25) is 9.59 Å². The predicted octanol–water partition coefficient (Wildman–Crippen LogP) is 7.23. The van der Waals surface area contributed by atoms with Gasteiger partial charge in [0.1, 0.15) is 29.3 Å². The van der Waals surface area contributed by atoms with Crippen LogP contribution in [0.15, 0.2) is 106 Å². The van der Waals surface area contributed by atoms with Gasteiger partial charge < -0.3 is 9.15 Å². The first-order chi connectivity index (χ1) is 17.0. The highest BCUT2D eigenvalue weighted by Crippen LogP contribution is 2.29. The van der Waals surface area contributed by atoms with E-state index in [1.54, 1.807) is 60.7 Å². The zero-order chi connectivity index (χ0) is 24.4. The van der Waals surface area contributed by atoms with Gasteiger partial charge in [0.05, 0.1) is 5.39 Å². The molecule has 5 heteroatoms. The Morgan fingerprint density at radius 1 is 0.886 bits per heavy atom. The predicted molar refractivity (Wildman–Crippen MR) is 138 cm³/mol. The quantitative estimate of drug-likeness (QED) is 0.240. The van der Waals surface area contributed by atoms with Gasteiger partial charge in [-0.15, -0.1) is 0 Å². The average Bonchev–Trinajstić information content (AvgIpc) is 2.88. The minimum Gasteiger partial charge on any atom is -0.489 e. The van der Waals surface area contributed by atoms with Gasteiger partial charge in [-0.05, 0) is 78.7 Å². The molecular formula is C30H21ClO4. The smallest absolute Gasteiger partial charge is 0.204 e. The lowest BCUT2D eigenvalue weighted by Gasteiger charge is -2.11. The molecule has 0 spiro atoms. The first kappa shape index (κ1) is 22.6. The highest BCUT2D eigenvalue weighted by atomic mass is 35.5. The van der Waals surface area contributed by atoms with Gasteiger partial charge in [0, 0.05) is 16.1 Å². The third-order valence-electron chi connectivity index (χ3n) is 5.75. The van der Waals surface area contributed by atoms with Crippen LogP contribution in [0.4, 0.5) is 0 Å². The van der Waals surface area contributed by atoms with E-state index in [4.69, 9.17) is 20.8 Å². The Morgan fingerprint density at radius 3 is 2.31 bits per heavy atom. The van der Waals surface area contributed by atoms with Crippen LogP contribution in [0.3, 0.4) is 0 Å². The number of halogens is 1. The molecule has 0 aliphatic heterocycles. The van der Waals surface area contributed by atoms with E-state index in [1.807, 2.05) is 43.3 Å². The van der Waals surface area contributed by atoms with E-state index in [9.17, 15) is 9.59 Å². The molecule has 0 amide bonds. The van der Waals surface area contributed by atoms with Crippen molar-refractivity contribution in [1.29, 1.82) is 0 Å². The SMILES string of the molecule is Cc1ccc2c(=O)c(C(=O)c3ccc(OCc4ccccc4)cc3)c(-c3ccc(Cl)cc3)oc2c1. The summed E-state index contributed by atoms with van der Waals surface area (Å²) < 4.78 is 12.0. The van der Waals surface area contributed by atoms with Crippen LogP contribution in [-0.2, 0) is 6.61 Å². The Labute approximate surface area is 207 Å². The van der Waals surface area contributed by atoms with E-state index in [-0.39, 0.29) is 16.8 Å². The van der Waals surface area contributed by atoms with Gasteiger partial charge in [0.15, 0.2) is 0 Å². The van der Waals surface area contributed by atoms with Crippen LogP contribution in [0, 0.1) is 6.92 Å². The Morgan fingerprint density at radius 2 is 1.60 bits per heavy atom. The van der Waals surface area contributed by atoms with Crippen molar-refractivity contribution in [1.82, 2.24) is 0 Å². The maximum Gasteiger partial charge on any atom is 0.204 e. The highest BCUT2D eigenvalue weighted by molar-refractivity contribution is 6.30. The standard InChI is InChI=1S/C30H21ClO4/c1-19-7-16-25-26(17-19)35-30(22-8-12-23(31)13-9-22)27(29(25)33)28(32)21-10-14-24(15-11-21)34-18-20-5-3-2-4-6-20/h2-17H,18H2,1H3. The number of carbonyl (C=O) groups is 1. The minimum absolute atomic E-state index is 0.0124. The molecule has 4 aromatic carbocycles. The molecule has 0 bridgehead atoms. The molecule has 0 saturated heterocycles. The molecule has 1 heterocycles. The number of ether oxygens (including phenoxy) is 1. The molecule has 5 aromatic rings. The number of aryl methyl sites for hydroxylation is 1. The van der Waals surface area contributed by atoms with Crippen molar-refractivity contribution in [2.75, 3.05) is 0 Å². The minimum atomic E-state index is -0.416. The van der Waals surface area contributed by atoms with E-state index in [2.05, 4.69) is 0 Å². The Balaban J connectivity index is 1.54. The van der Waals surface area contributed by atoms with E-state index in [1.165, 1.54) is 0 Å². The molecule has 1 aromatic heterocycles. The van der Waals surface area contributed by atoms with E-state index in [0.717, 1.165) is 11.1 Å². The monoisotopic (exact) mass is 480 g/mol. The molecule has 4 nitrogen and oxygen atoms in total. The molecule has 0 unspecified atom stereocenters. The summed E-state index contributed by atoms with van der Waals surface area (Å²) in [5.41, 5.74) is 3.01. The Hall–Kier alpha value is -4.15. The summed E-state index contributed by atoms with van der Waals surface area (Å²) in [5, 5.41) is 0.908. The molecule has 0 aliphatic carbocycles. The molecule has 0 radical (unpaired) electrons. The summed E-state index contributed by atoms with van der Waals surface area (Å²) in [6.45, 7) is 2.34. The number of fused-ring (bicyclic) bond motifs is 1. The van der Waals surface area contributed by atoms with Gasteiger partial charge in [0.2, 0.25) is 11.2 Å². The summed E-state index contributed by atoms with van der Waals surface area (Å²) in [7, 11) is 0. The lowest BCUT2D eigenvalue weighted by molar-refractivity contribution is 0.103. The summed E-state index contributed by atoms with van der Waals surface area (Å²) >= 11 is 6.05. The van der Waals surface area contributed by atoms with Gasteiger partial charge >= 0.3 is 0 Å².